The van der Waals surface area contributed by atoms with E-state index < -0.39 is 0 Å². The second-order valence-electron chi connectivity index (χ2n) is 5.87. The van der Waals surface area contributed by atoms with Crippen LogP contribution in [-0.2, 0) is 5.54 Å². The minimum Gasteiger partial charge on any atom is -0.348 e. The Balaban J connectivity index is 2.24. The van der Waals surface area contributed by atoms with Crippen LogP contribution in [0, 0.1) is 0 Å². The maximum Gasteiger partial charge on any atom is 0.196 e. The van der Waals surface area contributed by atoms with Gasteiger partial charge in [0, 0.05) is 29.1 Å². The molecule has 0 radical (unpaired) electrons. The zero-order valence-electron chi connectivity index (χ0n) is 11.2. The molecule has 1 aromatic heterocycles. The summed E-state index contributed by atoms with van der Waals surface area (Å²) in [6.45, 7) is 6.13. The Morgan fingerprint density at radius 2 is 1.21 bits per heavy atom. The maximum absolute atomic E-state index is 12.4. The van der Waals surface area contributed by atoms with E-state index in [9.17, 15) is 9.59 Å². The lowest BCUT2D eigenvalue weighted by atomic mass is 9.87. The van der Waals surface area contributed by atoms with Crippen LogP contribution in [0.2, 0.25) is 0 Å². The van der Waals surface area contributed by atoms with Crippen LogP contribution >= 0.6 is 0 Å². The van der Waals surface area contributed by atoms with Crippen LogP contribution in [0.4, 0.5) is 0 Å². The van der Waals surface area contributed by atoms with E-state index in [4.69, 9.17) is 0 Å². The molecule has 0 bridgehead atoms. The van der Waals surface area contributed by atoms with Crippen LogP contribution in [0.3, 0.4) is 0 Å². The number of nitrogens with zero attached hydrogens (tertiary/aromatic N) is 1. The van der Waals surface area contributed by atoms with Gasteiger partial charge >= 0.3 is 0 Å². The number of ketones is 2. The van der Waals surface area contributed by atoms with E-state index in [-0.39, 0.29) is 17.1 Å². The minimum absolute atomic E-state index is 0.0619. The number of benzene rings is 1. The van der Waals surface area contributed by atoms with Gasteiger partial charge in [-0.3, -0.25) is 9.59 Å². The first-order valence-electron chi connectivity index (χ1n) is 6.30. The van der Waals surface area contributed by atoms with Gasteiger partial charge in [-0.15, -0.1) is 0 Å². The number of carbonyl (C=O) groups excluding carboxylic acids is 2. The molecule has 0 amide bonds. The zero-order valence-corrected chi connectivity index (χ0v) is 11.2. The molecule has 0 unspecified atom stereocenters. The molecular weight excluding hydrogens is 238 g/mol. The maximum atomic E-state index is 12.4. The van der Waals surface area contributed by atoms with Gasteiger partial charge in [-0.05, 0) is 20.8 Å². The molecule has 0 N–H and O–H groups in total. The molecule has 96 valence electrons. The van der Waals surface area contributed by atoms with Crippen molar-refractivity contribution in [3.05, 3.63) is 58.9 Å². The van der Waals surface area contributed by atoms with Crippen LogP contribution in [0.5, 0.6) is 0 Å². The average molecular weight is 253 g/mol. The molecule has 0 saturated carbocycles. The molecule has 0 saturated heterocycles. The summed E-state index contributed by atoms with van der Waals surface area (Å²) in [6, 6.07) is 7.01. The van der Waals surface area contributed by atoms with Crippen molar-refractivity contribution in [3.8, 4) is 0 Å². The Bertz CT molecular complexity index is 649. The third-order valence-corrected chi connectivity index (χ3v) is 3.51. The predicted octanol–water partition coefficient (Wildman–Crippen LogP) is 3.02. The van der Waals surface area contributed by atoms with Crippen LogP contribution in [0.1, 0.15) is 52.6 Å². The summed E-state index contributed by atoms with van der Waals surface area (Å²) in [7, 11) is 0. The van der Waals surface area contributed by atoms with E-state index in [0.717, 1.165) is 0 Å². The highest BCUT2D eigenvalue weighted by molar-refractivity contribution is 6.28. The SMILES string of the molecule is CC(C)(C)n1cc2c(c1)C(=O)c1ccccc1C2=O. The fourth-order valence-electron chi connectivity index (χ4n) is 2.37. The van der Waals surface area contributed by atoms with Crippen molar-refractivity contribution in [2.45, 2.75) is 26.3 Å². The Morgan fingerprint density at radius 3 is 1.58 bits per heavy atom. The fraction of sp³-hybridized carbons (Fsp3) is 0.250. The summed E-state index contributed by atoms with van der Waals surface area (Å²) in [5, 5.41) is 0. The summed E-state index contributed by atoms with van der Waals surface area (Å²) in [5.41, 5.74) is 1.89. The van der Waals surface area contributed by atoms with Gasteiger partial charge in [-0.2, -0.15) is 0 Å². The van der Waals surface area contributed by atoms with E-state index in [1.54, 1.807) is 36.7 Å². The van der Waals surface area contributed by atoms with Crippen molar-refractivity contribution in [2.75, 3.05) is 0 Å². The molecule has 1 aromatic carbocycles. The molecule has 1 heterocycles. The normalized spacial score (nSPS) is 14.3. The van der Waals surface area contributed by atoms with E-state index in [0.29, 0.717) is 22.3 Å². The second kappa shape index (κ2) is 3.67. The highest BCUT2D eigenvalue weighted by Crippen LogP contribution is 2.29. The average Bonchev–Trinajstić information content (AvgIpc) is 2.81. The van der Waals surface area contributed by atoms with Crippen molar-refractivity contribution in [2.24, 2.45) is 0 Å². The highest BCUT2D eigenvalue weighted by atomic mass is 16.1. The predicted molar refractivity (Wildman–Crippen MR) is 72.7 cm³/mol. The largest absolute Gasteiger partial charge is 0.348 e. The third-order valence-electron chi connectivity index (χ3n) is 3.51. The van der Waals surface area contributed by atoms with Crippen molar-refractivity contribution in [1.29, 1.82) is 0 Å². The summed E-state index contributed by atoms with van der Waals surface area (Å²) < 4.78 is 1.93. The van der Waals surface area contributed by atoms with Crippen molar-refractivity contribution in [3.63, 3.8) is 0 Å². The van der Waals surface area contributed by atoms with Crippen LogP contribution < -0.4 is 0 Å². The molecule has 3 heteroatoms. The molecule has 3 rings (SSSR count). The van der Waals surface area contributed by atoms with Crippen LogP contribution in [-0.4, -0.2) is 16.1 Å². The molecule has 0 atom stereocenters. The molecule has 3 nitrogen and oxygen atoms in total. The van der Waals surface area contributed by atoms with Gasteiger partial charge in [0.2, 0.25) is 0 Å². The topological polar surface area (TPSA) is 39.1 Å². The fourth-order valence-corrected chi connectivity index (χ4v) is 2.37. The smallest absolute Gasteiger partial charge is 0.196 e. The van der Waals surface area contributed by atoms with Crippen molar-refractivity contribution >= 4 is 11.6 Å². The quantitative estimate of drug-likeness (QED) is 0.617. The van der Waals surface area contributed by atoms with Gasteiger partial charge in [0.1, 0.15) is 0 Å². The van der Waals surface area contributed by atoms with E-state index in [2.05, 4.69) is 0 Å². The number of carbonyl (C=O) groups is 2. The number of rotatable bonds is 0. The lowest BCUT2D eigenvalue weighted by Gasteiger charge is -2.20. The number of hydrogen-bond acceptors (Lipinski definition) is 2. The summed E-state index contributed by atoms with van der Waals surface area (Å²) in [6.07, 6.45) is 3.57. The zero-order chi connectivity index (χ0) is 13.8. The molecule has 2 aromatic rings. The summed E-state index contributed by atoms with van der Waals surface area (Å²) in [4.78, 5) is 24.9. The first kappa shape index (κ1) is 11.9. The summed E-state index contributed by atoms with van der Waals surface area (Å²) in [5.74, 6) is -0.124. The van der Waals surface area contributed by atoms with Gasteiger partial charge in [0.15, 0.2) is 11.6 Å². The minimum atomic E-state index is -0.149. The van der Waals surface area contributed by atoms with Gasteiger partial charge in [-0.1, -0.05) is 24.3 Å². The monoisotopic (exact) mass is 253 g/mol. The molecule has 1 aliphatic rings. The molecule has 0 aliphatic heterocycles. The third kappa shape index (κ3) is 1.65. The second-order valence-corrected chi connectivity index (χ2v) is 5.87. The first-order valence-corrected chi connectivity index (χ1v) is 6.30. The van der Waals surface area contributed by atoms with Crippen LogP contribution in [0.15, 0.2) is 36.7 Å². The Morgan fingerprint density at radius 1 is 0.789 bits per heavy atom. The highest BCUT2D eigenvalue weighted by Gasteiger charge is 2.32. The van der Waals surface area contributed by atoms with E-state index in [1.165, 1.54) is 0 Å². The lowest BCUT2D eigenvalue weighted by Crippen LogP contribution is -2.19. The van der Waals surface area contributed by atoms with Gasteiger partial charge in [0.05, 0.1) is 11.1 Å². The van der Waals surface area contributed by atoms with Gasteiger partial charge in [0.25, 0.3) is 0 Å². The molecular formula is C16H15NO2. The number of hydrogen-bond donors (Lipinski definition) is 0. The summed E-state index contributed by atoms with van der Waals surface area (Å²) >= 11 is 0. The molecule has 0 spiro atoms. The number of fused-ring (bicyclic) bond motifs is 2. The number of aromatic nitrogens is 1. The lowest BCUT2D eigenvalue weighted by molar-refractivity contribution is 0.0980. The Kier molecular flexibility index (Phi) is 2.30. The molecule has 19 heavy (non-hydrogen) atoms. The van der Waals surface area contributed by atoms with E-state index in [1.807, 2.05) is 25.3 Å². The van der Waals surface area contributed by atoms with Gasteiger partial charge in [-0.25, -0.2) is 0 Å². The molecule has 1 aliphatic carbocycles. The standard InChI is InChI=1S/C16H15NO2/c1-16(2,3)17-8-12-13(9-17)15(19)11-7-5-4-6-10(11)14(12)18/h4-9H,1-3H3. The van der Waals surface area contributed by atoms with E-state index >= 15 is 0 Å². The van der Waals surface area contributed by atoms with Crippen LogP contribution in [0.25, 0.3) is 0 Å². The van der Waals surface area contributed by atoms with Crippen molar-refractivity contribution < 1.29 is 9.59 Å². The Labute approximate surface area is 111 Å². The Hall–Kier alpha value is -2.16. The van der Waals surface area contributed by atoms with Gasteiger partial charge < -0.3 is 4.57 Å². The van der Waals surface area contributed by atoms with Crippen molar-refractivity contribution in [1.82, 2.24) is 4.57 Å². The first-order chi connectivity index (χ1) is 8.89. The molecule has 0 fully saturated rings.